The highest BCUT2D eigenvalue weighted by molar-refractivity contribution is 5.75. The average Bonchev–Trinajstić information content (AvgIpc) is 3.16. The summed E-state index contributed by atoms with van der Waals surface area (Å²) in [4.78, 5) is 12.2. The monoisotopic (exact) mass is 366 g/mol. The highest BCUT2D eigenvalue weighted by Crippen LogP contribution is 2.30. The number of nitrogens with zero attached hydrogens (tertiary/aromatic N) is 3. The molecule has 0 unspecified atom stereocenters. The van der Waals surface area contributed by atoms with Crippen molar-refractivity contribution in [3.63, 3.8) is 0 Å². The molecule has 0 saturated heterocycles. The van der Waals surface area contributed by atoms with Crippen LogP contribution in [0, 0.1) is 0 Å². The van der Waals surface area contributed by atoms with Crippen LogP contribution in [0.1, 0.15) is 5.56 Å². The Bertz CT molecular complexity index is 893. The van der Waals surface area contributed by atoms with Crippen molar-refractivity contribution in [2.75, 3.05) is 20.8 Å². The van der Waals surface area contributed by atoms with Crippen molar-refractivity contribution in [2.24, 2.45) is 0 Å². The standard InChI is InChI=1S/C20H22N4O3/c1-26-18-10-6-9-16(20(18)27-2)11-12-21-19(25)14-24-13-17(22-23-24)15-7-4-3-5-8-15/h3-10,13H,11-12,14H2,1-2H3,(H,21,25). The SMILES string of the molecule is COc1cccc(CCNC(=O)Cn2cc(-c3ccccc3)nn2)c1OC. The number of amides is 1. The Kier molecular flexibility index (Phi) is 6.04. The number of methoxy groups -OCH3 is 2. The van der Waals surface area contributed by atoms with Gasteiger partial charge in [0.05, 0.1) is 20.4 Å². The number of nitrogens with one attached hydrogen (secondary N) is 1. The Morgan fingerprint density at radius 3 is 2.63 bits per heavy atom. The third kappa shape index (κ3) is 4.63. The zero-order valence-corrected chi connectivity index (χ0v) is 15.4. The van der Waals surface area contributed by atoms with E-state index in [-0.39, 0.29) is 12.5 Å². The van der Waals surface area contributed by atoms with E-state index in [4.69, 9.17) is 9.47 Å². The van der Waals surface area contributed by atoms with Crippen LogP contribution in [-0.4, -0.2) is 41.7 Å². The summed E-state index contributed by atoms with van der Waals surface area (Å²) in [5.74, 6) is 1.25. The van der Waals surface area contributed by atoms with E-state index in [9.17, 15) is 4.79 Å². The van der Waals surface area contributed by atoms with Gasteiger partial charge >= 0.3 is 0 Å². The Labute approximate surface area is 157 Å². The molecule has 3 rings (SSSR count). The van der Waals surface area contributed by atoms with E-state index in [0.717, 1.165) is 16.8 Å². The smallest absolute Gasteiger partial charge is 0.241 e. The molecule has 1 N–H and O–H groups in total. The van der Waals surface area contributed by atoms with Crippen molar-refractivity contribution < 1.29 is 14.3 Å². The minimum atomic E-state index is -0.124. The van der Waals surface area contributed by atoms with Crippen LogP contribution in [0.4, 0.5) is 0 Å². The van der Waals surface area contributed by atoms with Crippen LogP contribution >= 0.6 is 0 Å². The molecular weight excluding hydrogens is 344 g/mol. The van der Waals surface area contributed by atoms with Gasteiger partial charge in [0.15, 0.2) is 11.5 Å². The largest absolute Gasteiger partial charge is 0.493 e. The fourth-order valence-electron chi connectivity index (χ4n) is 2.81. The third-order valence-electron chi connectivity index (χ3n) is 4.11. The zero-order valence-electron chi connectivity index (χ0n) is 15.4. The number of aromatic nitrogens is 3. The first-order chi connectivity index (χ1) is 13.2. The summed E-state index contributed by atoms with van der Waals surface area (Å²) in [5.41, 5.74) is 2.68. The minimum absolute atomic E-state index is 0.120. The number of benzene rings is 2. The Hall–Kier alpha value is -3.35. The van der Waals surface area contributed by atoms with Gasteiger partial charge in [0.25, 0.3) is 0 Å². The minimum Gasteiger partial charge on any atom is -0.493 e. The fraction of sp³-hybridized carbons (Fsp3) is 0.250. The van der Waals surface area contributed by atoms with Crippen molar-refractivity contribution >= 4 is 5.91 Å². The first-order valence-electron chi connectivity index (χ1n) is 8.63. The molecule has 0 atom stereocenters. The molecule has 0 radical (unpaired) electrons. The van der Waals surface area contributed by atoms with Gasteiger partial charge in [-0.1, -0.05) is 47.7 Å². The van der Waals surface area contributed by atoms with Crippen LogP contribution in [0.2, 0.25) is 0 Å². The summed E-state index contributed by atoms with van der Waals surface area (Å²) < 4.78 is 12.2. The van der Waals surface area contributed by atoms with E-state index < -0.39 is 0 Å². The lowest BCUT2D eigenvalue weighted by atomic mass is 10.1. The summed E-state index contributed by atoms with van der Waals surface area (Å²) in [6, 6.07) is 15.4. The van der Waals surface area contributed by atoms with Gasteiger partial charge in [-0.25, -0.2) is 4.68 Å². The molecule has 2 aromatic carbocycles. The van der Waals surface area contributed by atoms with Gasteiger partial charge in [0, 0.05) is 12.1 Å². The lowest BCUT2D eigenvalue weighted by molar-refractivity contribution is -0.121. The summed E-state index contributed by atoms with van der Waals surface area (Å²) in [6.45, 7) is 0.609. The van der Waals surface area contributed by atoms with Crippen LogP contribution in [0.5, 0.6) is 11.5 Å². The number of carbonyl (C=O) groups is 1. The Balaban J connectivity index is 1.53. The molecule has 0 saturated carbocycles. The van der Waals surface area contributed by atoms with E-state index in [1.807, 2.05) is 48.5 Å². The second-order valence-electron chi connectivity index (χ2n) is 5.92. The maximum atomic E-state index is 12.2. The molecule has 0 aliphatic carbocycles. The maximum Gasteiger partial charge on any atom is 0.241 e. The highest BCUT2D eigenvalue weighted by atomic mass is 16.5. The Morgan fingerprint density at radius 1 is 1.07 bits per heavy atom. The molecular formula is C20H22N4O3. The van der Waals surface area contributed by atoms with E-state index in [1.54, 1.807) is 20.4 Å². The van der Waals surface area contributed by atoms with E-state index >= 15 is 0 Å². The van der Waals surface area contributed by atoms with Gasteiger partial charge in [-0.05, 0) is 18.1 Å². The first-order valence-corrected chi connectivity index (χ1v) is 8.63. The van der Waals surface area contributed by atoms with Crippen molar-refractivity contribution in [1.29, 1.82) is 0 Å². The van der Waals surface area contributed by atoms with Gasteiger partial charge in [0.2, 0.25) is 5.91 Å². The van der Waals surface area contributed by atoms with Crippen LogP contribution in [0.15, 0.2) is 54.7 Å². The summed E-state index contributed by atoms with van der Waals surface area (Å²) in [7, 11) is 3.21. The van der Waals surface area contributed by atoms with E-state index in [2.05, 4.69) is 15.6 Å². The molecule has 140 valence electrons. The van der Waals surface area contributed by atoms with Gasteiger partial charge in [-0.2, -0.15) is 0 Å². The van der Waals surface area contributed by atoms with Crippen LogP contribution < -0.4 is 14.8 Å². The molecule has 3 aromatic rings. The van der Waals surface area contributed by atoms with Crippen molar-refractivity contribution in [3.05, 3.63) is 60.3 Å². The van der Waals surface area contributed by atoms with E-state index in [1.165, 1.54) is 4.68 Å². The van der Waals surface area contributed by atoms with Crippen LogP contribution in [0.3, 0.4) is 0 Å². The summed E-state index contributed by atoms with van der Waals surface area (Å²) in [6.07, 6.45) is 2.40. The van der Waals surface area contributed by atoms with Crippen molar-refractivity contribution in [1.82, 2.24) is 20.3 Å². The molecule has 0 bridgehead atoms. The molecule has 1 aromatic heterocycles. The van der Waals surface area contributed by atoms with Crippen LogP contribution in [0.25, 0.3) is 11.3 Å². The third-order valence-corrected chi connectivity index (χ3v) is 4.11. The number of rotatable bonds is 8. The van der Waals surface area contributed by atoms with Gasteiger partial charge in [-0.15, -0.1) is 5.10 Å². The average molecular weight is 366 g/mol. The summed E-state index contributed by atoms with van der Waals surface area (Å²) >= 11 is 0. The van der Waals surface area contributed by atoms with Crippen molar-refractivity contribution in [3.8, 4) is 22.8 Å². The maximum absolute atomic E-state index is 12.2. The molecule has 1 amide bonds. The second kappa shape index (κ2) is 8.84. The van der Waals surface area contributed by atoms with E-state index in [0.29, 0.717) is 24.5 Å². The Morgan fingerprint density at radius 2 is 1.89 bits per heavy atom. The predicted molar refractivity (Wildman–Crippen MR) is 102 cm³/mol. The number of hydrogen-bond acceptors (Lipinski definition) is 5. The molecule has 0 spiro atoms. The highest BCUT2D eigenvalue weighted by Gasteiger charge is 2.11. The summed E-state index contributed by atoms with van der Waals surface area (Å²) in [5, 5.41) is 11.0. The second-order valence-corrected chi connectivity index (χ2v) is 5.92. The number of hydrogen-bond donors (Lipinski definition) is 1. The lowest BCUT2D eigenvalue weighted by Gasteiger charge is -2.12. The number of para-hydroxylation sites is 1. The first kappa shape index (κ1) is 18.4. The molecule has 27 heavy (non-hydrogen) atoms. The van der Waals surface area contributed by atoms with Gasteiger partial charge in [0.1, 0.15) is 12.2 Å². The van der Waals surface area contributed by atoms with Crippen molar-refractivity contribution in [2.45, 2.75) is 13.0 Å². The topological polar surface area (TPSA) is 78.3 Å². The number of ether oxygens (including phenoxy) is 2. The molecule has 7 heteroatoms. The normalized spacial score (nSPS) is 10.4. The van der Waals surface area contributed by atoms with Crippen LogP contribution in [-0.2, 0) is 17.8 Å². The molecule has 7 nitrogen and oxygen atoms in total. The lowest BCUT2D eigenvalue weighted by Crippen LogP contribution is -2.29. The molecule has 1 heterocycles. The quantitative estimate of drug-likeness (QED) is 0.662. The zero-order chi connectivity index (χ0) is 19.1. The molecule has 0 fully saturated rings. The van der Waals surface area contributed by atoms with Gasteiger partial charge < -0.3 is 14.8 Å². The predicted octanol–water partition coefficient (Wildman–Crippen LogP) is 2.32. The molecule has 0 aliphatic heterocycles. The van der Waals surface area contributed by atoms with Gasteiger partial charge in [-0.3, -0.25) is 4.79 Å². The molecule has 0 aliphatic rings. The number of carbonyl (C=O) groups excluding carboxylic acids is 1. The fourth-order valence-corrected chi connectivity index (χ4v) is 2.81.